The van der Waals surface area contributed by atoms with Gasteiger partial charge in [-0.1, -0.05) is 36.4 Å². The third-order valence-electron chi connectivity index (χ3n) is 5.67. The van der Waals surface area contributed by atoms with Crippen molar-refractivity contribution < 1.29 is 4.79 Å². The number of rotatable bonds is 5. The van der Waals surface area contributed by atoms with Crippen LogP contribution in [0.4, 0.5) is 0 Å². The molecule has 33 heavy (non-hydrogen) atoms. The monoisotopic (exact) mass is 437 g/mol. The molecule has 0 spiro atoms. The van der Waals surface area contributed by atoms with E-state index in [0.29, 0.717) is 11.4 Å². The van der Waals surface area contributed by atoms with Gasteiger partial charge in [0.25, 0.3) is 5.91 Å². The summed E-state index contributed by atoms with van der Waals surface area (Å²) in [7, 11) is 0. The number of carbonyl (C=O) groups excluding carboxylic acids is 1. The molecule has 8 heteroatoms. The molecule has 0 aliphatic heterocycles. The fraction of sp³-hybridized carbons (Fsp3) is 0.120. The zero-order chi connectivity index (χ0) is 22.9. The number of carbonyl (C=O) groups is 1. The van der Waals surface area contributed by atoms with Crippen LogP contribution in [0.25, 0.3) is 27.8 Å². The van der Waals surface area contributed by atoms with Gasteiger partial charge in [-0.05, 0) is 45.0 Å². The molecule has 2 aromatic carbocycles. The molecule has 1 amide bonds. The largest absolute Gasteiger partial charge is 0.358 e. The lowest BCUT2D eigenvalue weighted by Crippen LogP contribution is -2.18. The Bertz CT molecular complexity index is 1490. The molecule has 8 nitrogen and oxygen atoms in total. The van der Waals surface area contributed by atoms with E-state index in [1.54, 1.807) is 12.3 Å². The summed E-state index contributed by atoms with van der Waals surface area (Å²) < 4.78 is 1.88. The molecule has 0 aliphatic rings. The summed E-state index contributed by atoms with van der Waals surface area (Å²) in [5.74, 6) is -0.367. The van der Waals surface area contributed by atoms with Crippen LogP contribution in [0, 0.1) is 20.8 Å². The Balaban J connectivity index is 1.36. The van der Waals surface area contributed by atoms with Crippen LogP contribution < -0.4 is 5.43 Å². The highest BCUT2D eigenvalue weighted by Gasteiger charge is 2.19. The first-order valence-corrected chi connectivity index (χ1v) is 10.6. The standard InChI is InChI=1S/C25H23N7O/c1-15-20(19-11-7-8-12-21(19)27-15)14-26-30-25(33)23-13-22(28-29-23)24-16(2)31-32(17(24)3)18-9-5-4-6-10-18/h4-14,27H,1-3H3,(H,28,29)(H,30,33). The van der Waals surface area contributed by atoms with Crippen molar-refractivity contribution in [2.75, 3.05) is 0 Å². The lowest BCUT2D eigenvalue weighted by Gasteiger charge is -2.04. The van der Waals surface area contributed by atoms with Crippen molar-refractivity contribution in [1.82, 2.24) is 30.4 Å². The van der Waals surface area contributed by atoms with Crippen LogP contribution in [0.3, 0.4) is 0 Å². The minimum absolute atomic E-state index is 0.323. The number of aryl methyl sites for hydroxylation is 2. The highest BCUT2D eigenvalue weighted by atomic mass is 16.2. The molecule has 0 bridgehead atoms. The van der Waals surface area contributed by atoms with Gasteiger partial charge in [0.05, 0.1) is 29.0 Å². The number of nitrogens with zero attached hydrogens (tertiary/aromatic N) is 4. The molecule has 0 saturated carbocycles. The first-order chi connectivity index (χ1) is 16.0. The van der Waals surface area contributed by atoms with Crippen LogP contribution in [0.15, 0.2) is 65.8 Å². The number of aromatic nitrogens is 5. The van der Waals surface area contributed by atoms with Gasteiger partial charge in [-0.15, -0.1) is 0 Å². The molecule has 0 saturated heterocycles. The van der Waals surface area contributed by atoms with Crippen molar-refractivity contribution in [3.63, 3.8) is 0 Å². The van der Waals surface area contributed by atoms with Gasteiger partial charge in [-0.2, -0.15) is 15.3 Å². The zero-order valence-electron chi connectivity index (χ0n) is 18.5. The molecule has 5 aromatic rings. The predicted octanol–water partition coefficient (Wildman–Crippen LogP) is 4.43. The van der Waals surface area contributed by atoms with Crippen LogP contribution >= 0.6 is 0 Å². The number of hydrogen-bond acceptors (Lipinski definition) is 4. The number of hydrazone groups is 1. The zero-order valence-corrected chi connectivity index (χ0v) is 18.5. The molecule has 0 atom stereocenters. The molecule has 3 heterocycles. The molecule has 0 aliphatic carbocycles. The fourth-order valence-electron chi connectivity index (χ4n) is 4.08. The van der Waals surface area contributed by atoms with Crippen LogP contribution in [-0.2, 0) is 0 Å². The highest BCUT2D eigenvalue weighted by Crippen LogP contribution is 2.27. The molecular weight excluding hydrogens is 414 g/mol. The summed E-state index contributed by atoms with van der Waals surface area (Å²) >= 11 is 0. The Kier molecular flexibility index (Phi) is 5.10. The van der Waals surface area contributed by atoms with E-state index in [-0.39, 0.29) is 5.91 Å². The topological polar surface area (TPSA) is 104 Å². The van der Waals surface area contributed by atoms with Crippen LogP contribution in [0.5, 0.6) is 0 Å². The number of aromatic amines is 2. The molecule has 3 aromatic heterocycles. The summed E-state index contributed by atoms with van der Waals surface area (Å²) in [5.41, 5.74) is 10.2. The first kappa shape index (κ1) is 20.4. The Labute approximate surface area is 190 Å². The predicted molar refractivity (Wildman–Crippen MR) is 129 cm³/mol. The Hall–Kier alpha value is -4.46. The second kappa shape index (κ2) is 8.23. The fourth-order valence-corrected chi connectivity index (χ4v) is 4.08. The Morgan fingerprint density at radius 2 is 1.82 bits per heavy atom. The minimum atomic E-state index is -0.367. The summed E-state index contributed by atoms with van der Waals surface area (Å²) in [6.07, 6.45) is 1.65. The van der Waals surface area contributed by atoms with Gasteiger partial charge in [-0.3, -0.25) is 9.89 Å². The third-order valence-corrected chi connectivity index (χ3v) is 5.67. The van der Waals surface area contributed by atoms with Crippen molar-refractivity contribution in [1.29, 1.82) is 0 Å². The second-order valence-corrected chi connectivity index (χ2v) is 7.87. The third kappa shape index (κ3) is 3.71. The lowest BCUT2D eigenvalue weighted by molar-refractivity contribution is 0.0950. The van der Waals surface area contributed by atoms with Gasteiger partial charge in [0.1, 0.15) is 5.69 Å². The molecule has 3 N–H and O–H groups in total. The van der Waals surface area contributed by atoms with E-state index in [9.17, 15) is 4.79 Å². The second-order valence-electron chi connectivity index (χ2n) is 7.87. The van der Waals surface area contributed by atoms with Gasteiger partial charge in [0.15, 0.2) is 0 Å². The Morgan fingerprint density at radius 3 is 2.64 bits per heavy atom. The SMILES string of the molecule is Cc1nn(-c2ccccc2)c(C)c1-c1cc(C(=O)NN=Cc2c(C)[nH]c3ccccc23)[nH]n1. The molecule has 0 radical (unpaired) electrons. The number of H-pyrrole nitrogens is 2. The summed E-state index contributed by atoms with van der Waals surface area (Å²) in [5, 5.41) is 17.0. The number of benzene rings is 2. The van der Waals surface area contributed by atoms with Crippen molar-refractivity contribution >= 4 is 23.0 Å². The smallest absolute Gasteiger partial charge is 0.289 e. The maximum atomic E-state index is 12.6. The molecule has 5 rings (SSSR count). The van der Waals surface area contributed by atoms with E-state index in [1.807, 2.05) is 80.1 Å². The maximum absolute atomic E-state index is 12.6. The maximum Gasteiger partial charge on any atom is 0.289 e. The van der Waals surface area contributed by atoms with Crippen LogP contribution in [0.2, 0.25) is 0 Å². The van der Waals surface area contributed by atoms with Crippen LogP contribution in [0.1, 0.15) is 33.1 Å². The van der Waals surface area contributed by atoms with Crippen molar-refractivity contribution in [2.24, 2.45) is 5.10 Å². The number of nitrogens with one attached hydrogen (secondary N) is 3. The van der Waals surface area contributed by atoms with Crippen LogP contribution in [-0.4, -0.2) is 37.1 Å². The van der Waals surface area contributed by atoms with Crippen molar-refractivity contribution in [3.8, 4) is 16.9 Å². The van der Waals surface area contributed by atoms with E-state index in [0.717, 1.165) is 44.8 Å². The number of para-hydroxylation sites is 2. The van der Waals surface area contributed by atoms with Gasteiger partial charge >= 0.3 is 0 Å². The molecular formula is C25H23N7O. The summed E-state index contributed by atoms with van der Waals surface area (Å²) in [6.45, 7) is 5.90. The molecule has 164 valence electrons. The summed E-state index contributed by atoms with van der Waals surface area (Å²) in [4.78, 5) is 16.0. The highest BCUT2D eigenvalue weighted by molar-refractivity contribution is 6.01. The lowest BCUT2D eigenvalue weighted by atomic mass is 10.1. The van der Waals surface area contributed by atoms with Gasteiger partial charge in [0, 0.05) is 27.7 Å². The van der Waals surface area contributed by atoms with Crippen molar-refractivity contribution in [3.05, 3.63) is 89.0 Å². The van der Waals surface area contributed by atoms with E-state index < -0.39 is 0 Å². The average molecular weight is 438 g/mol. The number of amides is 1. The van der Waals surface area contributed by atoms with E-state index in [2.05, 4.69) is 30.8 Å². The minimum Gasteiger partial charge on any atom is -0.358 e. The molecule has 0 unspecified atom stereocenters. The van der Waals surface area contributed by atoms with E-state index in [4.69, 9.17) is 0 Å². The quantitative estimate of drug-likeness (QED) is 0.280. The average Bonchev–Trinajstić information content (AvgIpc) is 3.50. The van der Waals surface area contributed by atoms with E-state index >= 15 is 0 Å². The van der Waals surface area contributed by atoms with E-state index in [1.165, 1.54) is 0 Å². The number of hydrogen-bond donors (Lipinski definition) is 3. The normalized spacial score (nSPS) is 11.5. The van der Waals surface area contributed by atoms with Gasteiger partial charge in [0.2, 0.25) is 0 Å². The first-order valence-electron chi connectivity index (χ1n) is 10.6. The van der Waals surface area contributed by atoms with Gasteiger partial charge in [-0.25, -0.2) is 10.1 Å². The molecule has 0 fully saturated rings. The summed E-state index contributed by atoms with van der Waals surface area (Å²) in [6, 6.07) is 19.6. The Morgan fingerprint density at radius 1 is 1.06 bits per heavy atom. The van der Waals surface area contributed by atoms with Crippen molar-refractivity contribution in [2.45, 2.75) is 20.8 Å². The number of fused-ring (bicyclic) bond motifs is 1. The van der Waals surface area contributed by atoms with Gasteiger partial charge < -0.3 is 4.98 Å².